The lowest BCUT2D eigenvalue weighted by Crippen LogP contribution is -2.53. The van der Waals surface area contributed by atoms with Crippen LogP contribution < -0.4 is 10.1 Å². The van der Waals surface area contributed by atoms with E-state index in [9.17, 15) is 4.79 Å². The van der Waals surface area contributed by atoms with E-state index in [4.69, 9.17) is 9.47 Å². The van der Waals surface area contributed by atoms with Crippen LogP contribution in [0, 0.1) is 0 Å². The number of halogens is 1. The van der Waals surface area contributed by atoms with E-state index in [1.807, 2.05) is 19.1 Å². The molecule has 1 N–H and O–H groups in total. The van der Waals surface area contributed by atoms with Crippen molar-refractivity contribution in [3.63, 3.8) is 0 Å². The second-order valence-electron chi connectivity index (χ2n) is 5.28. The Hall–Kier alpha value is -1.78. The summed E-state index contributed by atoms with van der Waals surface area (Å²) in [6.07, 6.45) is 1.53. The van der Waals surface area contributed by atoms with Crippen LogP contribution in [0.2, 0.25) is 0 Å². The van der Waals surface area contributed by atoms with Crippen molar-refractivity contribution >= 4 is 36.0 Å². The number of carbonyl (C=O) groups is 1. The van der Waals surface area contributed by atoms with Gasteiger partial charge in [0.2, 0.25) is 5.88 Å². The lowest BCUT2D eigenvalue weighted by Gasteiger charge is -2.35. The van der Waals surface area contributed by atoms with Gasteiger partial charge in [-0.15, -0.1) is 24.0 Å². The topological polar surface area (TPSA) is 79.3 Å². The van der Waals surface area contributed by atoms with Crippen LogP contribution in [0.5, 0.6) is 5.88 Å². The lowest BCUT2D eigenvalue weighted by molar-refractivity contribution is 0.0914. The number of aromatic nitrogens is 1. The first-order valence-electron chi connectivity index (χ1n) is 8.04. The lowest BCUT2D eigenvalue weighted by atomic mass is 10.3. The van der Waals surface area contributed by atoms with Gasteiger partial charge >= 0.3 is 6.09 Å². The molecular weight excluding hydrogens is 437 g/mol. The number of nitrogens with one attached hydrogen (secondary N) is 1. The van der Waals surface area contributed by atoms with Crippen LogP contribution >= 0.6 is 24.0 Å². The van der Waals surface area contributed by atoms with Crippen molar-refractivity contribution in [2.45, 2.75) is 13.5 Å². The van der Waals surface area contributed by atoms with Gasteiger partial charge in [-0.2, -0.15) is 0 Å². The maximum Gasteiger partial charge on any atom is 0.409 e. The molecule has 9 heteroatoms. The van der Waals surface area contributed by atoms with Gasteiger partial charge in [0.1, 0.15) is 0 Å². The van der Waals surface area contributed by atoms with Crippen LogP contribution in [0.3, 0.4) is 0 Å². The van der Waals surface area contributed by atoms with E-state index in [0.717, 1.165) is 24.6 Å². The first-order chi connectivity index (χ1) is 11.7. The monoisotopic (exact) mass is 463 g/mol. The highest BCUT2D eigenvalue weighted by Gasteiger charge is 2.23. The van der Waals surface area contributed by atoms with Crippen molar-refractivity contribution in [2.24, 2.45) is 4.99 Å². The highest BCUT2D eigenvalue weighted by atomic mass is 127. The molecule has 1 saturated heterocycles. The van der Waals surface area contributed by atoms with E-state index in [1.165, 1.54) is 0 Å². The van der Waals surface area contributed by atoms with Gasteiger partial charge in [-0.25, -0.2) is 9.78 Å². The van der Waals surface area contributed by atoms with Gasteiger partial charge < -0.3 is 24.6 Å². The smallest absolute Gasteiger partial charge is 0.409 e. The van der Waals surface area contributed by atoms with Crippen molar-refractivity contribution < 1.29 is 14.3 Å². The molecule has 0 bridgehead atoms. The normalized spacial score (nSPS) is 14.6. The zero-order chi connectivity index (χ0) is 17.4. The second kappa shape index (κ2) is 11.0. The third kappa shape index (κ3) is 6.22. The molecule has 1 fully saturated rings. The first-order valence-corrected chi connectivity index (χ1v) is 8.04. The third-order valence-corrected chi connectivity index (χ3v) is 3.77. The Labute approximate surface area is 165 Å². The Bertz CT molecular complexity index is 559. The number of methoxy groups -OCH3 is 1. The van der Waals surface area contributed by atoms with E-state index in [-0.39, 0.29) is 30.1 Å². The highest BCUT2D eigenvalue weighted by Crippen LogP contribution is 2.08. The van der Waals surface area contributed by atoms with Gasteiger partial charge in [-0.05, 0) is 12.5 Å². The van der Waals surface area contributed by atoms with Gasteiger partial charge in [0.05, 0.1) is 13.7 Å². The first kappa shape index (κ1) is 21.3. The number of hydrogen-bond acceptors (Lipinski definition) is 5. The molecule has 1 aromatic rings. The van der Waals surface area contributed by atoms with E-state index < -0.39 is 0 Å². The van der Waals surface area contributed by atoms with Gasteiger partial charge in [-0.1, -0.05) is 6.07 Å². The van der Waals surface area contributed by atoms with Crippen molar-refractivity contribution in [1.82, 2.24) is 20.1 Å². The quantitative estimate of drug-likeness (QED) is 0.415. The summed E-state index contributed by atoms with van der Waals surface area (Å²) in [4.78, 5) is 24.1. The van der Waals surface area contributed by atoms with Crippen LogP contribution in [0.4, 0.5) is 4.79 Å². The average Bonchev–Trinajstić information content (AvgIpc) is 2.63. The summed E-state index contributed by atoms with van der Waals surface area (Å²) in [7, 11) is 3.35. The Morgan fingerprint density at radius 1 is 1.28 bits per heavy atom. The molecule has 0 unspecified atom stereocenters. The molecule has 1 aliphatic rings. The summed E-state index contributed by atoms with van der Waals surface area (Å²) in [5.74, 6) is 1.41. The molecule has 2 rings (SSSR count). The Balaban J connectivity index is 0.00000312. The number of ether oxygens (including phenoxy) is 2. The molecule has 0 saturated carbocycles. The van der Waals surface area contributed by atoms with E-state index in [1.54, 1.807) is 25.3 Å². The van der Waals surface area contributed by atoms with Crippen molar-refractivity contribution in [2.75, 3.05) is 46.9 Å². The van der Waals surface area contributed by atoms with E-state index in [2.05, 4.69) is 20.2 Å². The maximum atomic E-state index is 11.7. The minimum atomic E-state index is -0.246. The van der Waals surface area contributed by atoms with Crippen molar-refractivity contribution in [3.8, 4) is 5.88 Å². The van der Waals surface area contributed by atoms with Crippen LogP contribution in [0.25, 0.3) is 0 Å². The molecule has 0 spiro atoms. The predicted molar refractivity (Wildman–Crippen MR) is 107 cm³/mol. The average molecular weight is 463 g/mol. The van der Waals surface area contributed by atoms with Crippen LogP contribution in [0.1, 0.15) is 12.5 Å². The minimum Gasteiger partial charge on any atom is -0.481 e. The SMILES string of the molecule is CCOC(=O)N1CCN(C(=NC)NCc2ccc(OC)nc2)CC1.I. The van der Waals surface area contributed by atoms with E-state index in [0.29, 0.717) is 32.1 Å². The number of aliphatic imine (C=N–C) groups is 1. The number of carbonyl (C=O) groups excluding carboxylic acids is 1. The van der Waals surface area contributed by atoms with Gasteiger partial charge in [0.25, 0.3) is 0 Å². The van der Waals surface area contributed by atoms with E-state index >= 15 is 0 Å². The Morgan fingerprint density at radius 2 is 1.96 bits per heavy atom. The molecule has 0 radical (unpaired) electrons. The number of piperazine rings is 1. The summed E-state index contributed by atoms with van der Waals surface area (Å²) >= 11 is 0. The summed E-state index contributed by atoms with van der Waals surface area (Å²) < 4.78 is 10.1. The molecule has 0 aliphatic carbocycles. The van der Waals surface area contributed by atoms with Gasteiger partial charge in [0.15, 0.2) is 5.96 Å². The Kier molecular flexibility index (Phi) is 9.32. The third-order valence-electron chi connectivity index (χ3n) is 3.77. The summed E-state index contributed by atoms with van der Waals surface area (Å²) in [5, 5.41) is 3.32. The van der Waals surface area contributed by atoms with Crippen molar-refractivity contribution in [1.29, 1.82) is 0 Å². The highest BCUT2D eigenvalue weighted by molar-refractivity contribution is 14.0. The van der Waals surface area contributed by atoms with Gasteiger partial charge in [-0.3, -0.25) is 4.99 Å². The summed E-state index contributed by atoms with van der Waals surface area (Å²) in [6.45, 7) is 5.54. The largest absolute Gasteiger partial charge is 0.481 e. The zero-order valence-corrected chi connectivity index (χ0v) is 17.2. The molecule has 8 nitrogen and oxygen atoms in total. The molecule has 25 heavy (non-hydrogen) atoms. The summed E-state index contributed by atoms with van der Waals surface area (Å²) in [6, 6.07) is 3.79. The molecule has 2 heterocycles. The minimum absolute atomic E-state index is 0. The van der Waals surface area contributed by atoms with Crippen LogP contribution in [-0.4, -0.2) is 73.8 Å². The molecule has 1 aliphatic heterocycles. The number of nitrogens with zero attached hydrogens (tertiary/aromatic N) is 4. The molecule has 0 atom stereocenters. The number of amides is 1. The molecule has 1 aromatic heterocycles. The summed E-state index contributed by atoms with van der Waals surface area (Å²) in [5.41, 5.74) is 1.04. The number of rotatable bonds is 4. The second-order valence-corrected chi connectivity index (χ2v) is 5.28. The van der Waals surface area contributed by atoms with Crippen LogP contribution in [0.15, 0.2) is 23.3 Å². The number of guanidine groups is 1. The standard InChI is InChI=1S/C16H25N5O3.HI/c1-4-24-16(22)21-9-7-20(8-10-21)15(17-2)19-12-13-5-6-14(23-3)18-11-13;/h5-6,11H,4,7-10,12H2,1-3H3,(H,17,19);1H. The molecule has 1 amide bonds. The Morgan fingerprint density at radius 3 is 2.48 bits per heavy atom. The molecule has 0 aromatic carbocycles. The molecule has 140 valence electrons. The van der Waals surface area contributed by atoms with Crippen LogP contribution in [-0.2, 0) is 11.3 Å². The maximum absolute atomic E-state index is 11.7. The van der Waals surface area contributed by atoms with Gasteiger partial charge in [0, 0.05) is 52.0 Å². The molecular formula is C16H26IN5O3. The fourth-order valence-electron chi connectivity index (χ4n) is 2.47. The fourth-order valence-corrected chi connectivity index (χ4v) is 2.47. The van der Waals surface area contributed by atoms with Crippen molar-refractivity contribution in [3.05, 3.63) is 23.9 Å². The number of hydrogen-bond donors (Lipinski definition) is 1. The zero-order valence-electron chi connectivity index (χ0n) is 14.9. The number of pyridine rings is 1. The predicted octanol–water partition coefficient (Wildman–Crippen LogP) is 1.56. The fraction of sp³-hybridized carbons (Fsp3) is 0.562.